The molecule has 106 valence electrons. The van der Waals surface area contributed by atoms with Gasteiger partial charge in [-0.25, -0.2) is 8.42 Å². The molecular formula is C10H16N4O3S2. The molecule has 0 aromatic carbocycles. The van der Waals surface area contributed by atoms with E-state index in [0.717, 1.165) is 0 Å². The third-order valence-electron chi connectivity index (χ3n) is 2.90. The summed E-state index contributed by atoms with van der Waals surface area (Å²) in [5.74, 6) is 0.0261. The first-order valence-electron chi connectivity index (χ1n) is 5.89. The molecule has 0 bridgehead atoms. The third kappa shape index (κ3) is 3.69. The van der Waals surface area contributed by atoms with E-state index in [2.05, 4.69) is 15.5 Å². The van der Waals surface area contributed by atoms with Crippen molar-refractivity contribution < 1.29 is 13.2 Å². The lowest BCUT2D eigenvalue weighted by Crippen LogP contribution is -2.40. The standard InChI is InChI=1S/C10H16N4O3S2/c1-7(18-10-13-11-6-14(10)2)9(15)12-8-3-4-19(16,17)5-8/h6-8H,3-5H2,1-2H3,(H,12,15)/t7-,8+/m0/s1. The molecule has 9 heteroatoms. The maximum Gasteiger partial charge on any atom is 0.233 e. The molecule has 2 rings (SSSR count). The highest BCUT2D eigenvalue weighted by Crippen LogP contribution is 2.20. The number of rotatable bonds is 4. The predicted octanol–water partition coefficient (Wildman–Crippen LogP) is -0.401. The summed E-state index contributed by atoms with van der Waals surface area (Å²) < 4.78 is 24.4. The Morgan fingerprint density at radius 2 is 2.37 bits per heavy atom. The van der Waals surface area contributed by atoms with Crippen LogP contribution in [0.15, 0.2) is 11.5 Å². The zero-order valence-corrected chi connectivity index (χ0v) is 12.4. The number of hydrogen-bond donors (Lipinski definition) is 1. The van der Waals surface area contributed by atoms with Crippen LogP contribution in [0.2, 0.25) is 0 Å². The van der Waals surface area contributed by atoms with Gasteiger partial charge in [-0.05, 0) is 13.3 Å². The fraction of sp³-hybridized carbons (Fsp3) is 0.700. The molecule has 1 aromatic heterocycles. The Hall–Kier alpha value is -1.09. The second-order valence-electron chi connectivity index (χ2n) is 4.59. The van der Waals surface area contributed by atoms with Crippen molar-refractivity contribution >= 4 is 27.5 Å². The molecule has 1 aliphatic heterocycles. The van der Waals surface area contributed by atoms with Gasteiger partial charge in [-0.3, -0.25) is 4.79 Å². The Morgan fingerprint density at radius 1 is 1.63 bits per heavy atom. The molecule has 0 unspecified atom stereocenters. The smallest absolute Gasteiger partial charge is 0.233 e. The quantitative estimate of drug-likeness (QED) is 0.761. The summed E-state index contributed by atoms with van der Waals surface area (Å²) in [7, 11) is -1.17. The zero-order chi connectivity index (χ0) is 14.0. The summed E-state index contributed by atoms with van der Waals surface area (Å²) in [4.78, 5) is 12.0. The van der Waals surface area contributed by atoms with E-state index in [1.807, 2.05) is 0 Å². The molecule has 2 heterocycles. The normalized spacial score (nSPS) is 23.2. The maximum atomic E-state index is 12.0. The number of nitrogens with one attached hydrogen (secondary N) is 1. The van der Waals surface area contributed by atoms with E-state index in [1.165, 1.54) is 11.8 Å². The van der Waals surface area contributed by atoms with Crippen molar-refractivity contribution in [3.05, 3.63) is 6.33 Å². The fourth-order valence-electron chi connectivity index (χ4n) is 1.82. The summed E-state index contributed by atoms with van der Waals surface area (Å²) in [6.45, 7) is 1.76. The van der Waals surface area contributed by atoms with Crippen molar-refractivity contribution in [3.63, 3.8) is 0 Å². The van der Waals surface area contributed by atoms with Gasteiger partial charge in [-0.2, -0.15) is 0 Å². The number of sulfone groups is 1. The average molecular weight is 304 g/mol. The zero-order valence-electron chi connectivity index (χ0n) is 10.7. The van der Waals surface area contributed by atoms with Crippen molar-refractivity contribution in [1.29, 1.82) is 0 Å². The molecule has 0 radical (unpaired) electrons. The SMILES string of the molecule is C[C@H](Sc1nncn1C)C(=O)N[C@@H]1CCS(=O)(=O)C1. The van der Waals surface area contributed by atoms with Crippen LogP contribution in [0.5, 0.6) is 0 Å². The van der Waals surface area contributed by atoms with Crippen LogP contribution < -0.4 is 5.32 Å². The van der Waals surface area contributed by atoms with Gasteiger partial charge in [-0.15, -0.1) is 10.2 Å². The van der Waals surface area contributed by atoms with E-state index in [9.17, 15) is 13.2 Å². The van der Waals surface area contributed by atoms with Crippen molar-refractivity contribution in [2.45, 2.75) is 29.8 Å². The van der Waals surface area contributed by atoms with Gasteiger partial charge in [-0.1, -0.05) is 11.8 Å². The Kier molecular flexibility index (Phi) is 4.14. The molecule has 0 saturated carbocycles. The van der Waals surface area contributed by atoms with Gasteiger partial charge in [0, 0.05) is 13.1 Å². The molecule has 0 aliphatic carbocycles. The van der Waals surface area contributed by atoms with E-state index in [0.29, 0.717) is 11.6 Å². The minimum Gasteiger partial charge on any atom is -0.351 e. The van der Waals surface area contributed by atoms with Crippen molar-refractivity contribution in [3.8, 4) is 0 Å². The molecule has 1 N–H and O–H groups in total. The van der Waals surface area contributed by atoms with Crippen LogP contribution in [0, 0.1) is 0 Å². The van der Waals surface area contributed by atoms with Crippen molar-refractivity contribution in [1.82, 2.24) is 20.1 Å². The lowest BCUT2D eigenvalue weighted by Gasteiger charge is -2.15. The minimum absolute atomic E-state index is 0.0418. The molecular weight excluding hydrogens is 288 g/mol. The molecule has 1 aromatic rings. The van der Waals surface area contributed by atoms with E-state index in [-0.39, 0.29) is 28.7 Å². The van der Waals surface area contributed by atoms with Gasteiger partial charge in [0.15, 0.2) is 15.0 Å². The monoisotopic (exact) mass is 304 g/mol. The van der Waals surface area contributed by atoms with E-state index in [4.69, 9.17) is 0 Å². The second-order valence-corrected chi connectivity index (χ2v) is 8.13. The molecule has 0 spiro atoms. The van der Waals surface area contributed by atoms with Gasteiger partial charge in [0.05, 0.1) is 16.8 Å². The number of amides is 1. The highest BCUT2D eigenvalue weighted by atomic mass is 32.2. The van der Waals surface area contributed by atoms with Crippen LogP contribution in [0.3, 0.4) is 0 Å². The van der Waals surface area contributed by atoms with E-state index < -0.39 is 9.84 Å². The Balaban J connectivity index is 1.88. The molecule has 1 fully saturated rings. The fourth-order valence-corrected chi connectivity index (χ4v) is 4.29. The number of thioether (sulfide) groups is 1. The Morgan fingerprint density at radius 3 is 2.89 bits per heavy atom. The summed E-state index contributed by atoms with van der Waals surface area (Å²) in [6, 6.07) is -0.264. The average Bonchev–Trinajstić information content (AvgIpc) is 2.86. The van der Waals surface area contributed by atoms with Gasteiger partial charge >= 0.3 is 0 Å². The van der Waals surface area contributed by atoms with Crippen LogP contribution in [0.25, 0.3) is 0 Å². The summed E-state index contributed by atoms with van der Waals surface area (Å²) in [6.07, 6.45) is 2.06. The molecule has 1 saturated heterocycles. The predicted molar refractivity (Wildman–Crippen MR) is 71.5 cm³/mol. The van der Waals surface area contributed by atoms with Gasteiger partial charge in [0.2, 0.25) is 5.91 Å². The van der Waals surface area contributed by atoms with Crippen molar-refractivity contribution in [2.24, 2.45) is 7.05 Å². The van der Waals surface area contributed by atoms with Gasteiger partial charge < -0.3 is 9.88 Å². The van der Waals surface area contributed by atoms with Gasteiger partial charge in [0.1, 0.15) is 6.33 Å². The van der Waals surface area contributed by atoms with Crippen LogP contribution in [0.4, 0.5) is 0 Å². The molecule has 1 aliphatic rings. The van der Waals surface area contributed by atoms with E-state index in [1.54, 1.807) is 24.9 Å². The van der Waals surface area contributed by atoms with Gasteiger partial charge in [0.25, 0.3) is 0 Å². The number of carbonyl (C=O) groups excluding carboxylic acids is 1. The molecule has 7 nitrogen and oxygen atoms in total. The summed E-state index contributed by atoms with van der Waals surface area (Å²) >= 11 is 1.30. The number of aromatic nitrogens is 3. The topological polar surface area (TPSA) is 93.9 Å². The number of aryl methyl sites for hydroxylation is 1. The Bertz CT molecular complexity index is 569. The highest BCUT2D eigenvalue weighted by molar-refractivity contribution is 8.00. The first kappa shape index (κ1) is 14.3. The lowest BCUT2D eigenvalue weighted by molar-refractivity contribution is -0.120. The Labute approximate surface area is 116 Å². The van der Waals surface area contributed by atoms with Crippen LogP contribution in [0.1, 0.15) is 13.3 Å². The minimum atomic E-state index is -2.97. The maximum absolute atomic E-state index is 12.0. The number of carbonyl (C=O) groups is 1. The molecule has 2 atom stereocenters. The molecule has 19 heavy (non-hydrogen) atoms. The number of nitrogens with zero attached hydrogens (tertiary/aromatic N) is 3. The first-order valence-corrected chi connectivity index (χ1v) is 8.59. The van der Waals surface area contributed by atoms with E-state index >= 15 is 0 Å². The third-order valence-corrected chi connectivity index (χ3v) is 5.82. The second kappa shape index (κ2) is 5.49. The summed E-state index contributed by atoms with van der Waals surface area (Å²) in [5.41, 5.74) is 0. The van der Waals surface area contributed by atoms with Crippen LogP contribution >= 0.6 is 11.8 Å². The van der Waals surface area contributed by atoms with Crippen molar-refractivity contribution in [2.75, 3.05) is 11.5 Å². The summed E-state index contributed by atoms with van der Waals surface area (Å²) in [5, 5.41) is 10.7. The lowest BCUT2D eigenvalue weighted by atomic mass is 10.2. The molecule has 1 amide bonds. The first-order chi connectivity index (χ1) is 8.87. The van der Waals surface area contributed by atoms with Crippen LogP contribution in [-0.2, 0) is 21.7 Å². The number of hydrogen-bond acceptors (Lipinski definition) is 6. The highest BCUT2D eigenvalue weighted by Gasteiger charge is 2.30. The van der Waals surface area contributed by atoms with Crippen LogP contribution in [-0.4, -0.2) is 51.9 Å². The largest absolute Gasteiger partial charge is 0.351 e.